The van der Waals surface area contributed by atoms with Crippen molar-refractivity contribution in [2.24, 2.45) is 9.98 Å². The number of para-hydroxylation sites is 2. The third kappa shape index (κ3) is 4.69. The quantitative estimate of drug-likeness (QED) is 0.273. The van der Waals surface area contributed by atoms with Gasteiger partial charge in [0.25, 0.3) is 5.91 Å². The van der Waals surface area contributed by atoms with Crippen LogP contribution in [0.5, 0.6) is 0 Å². The second-order valence-electron chi connectivity index (χ2n) is 9.96. The lowest BCUT2D eigenvalue weighted by Gasteiger charge is -2.14. The summed E-state index contributed by atoms with van der Waals surface area (Å²) in [5.74, 6) is 0.400. The molecule has 3 heterocycles. The molecule has 10 heteroatoms. The van der Waals surface area contributed by atoms with Crippen LogP contribution < -0.4 is 16.3 Å². The highest BCUT2D eigenvalue weighted by Crippen LogP contribution is 2.37. The zero-order chi connectivity index (χ0) is 28.6. The molecule has 204 valence electrons. The highest BCUT2D eigenvalue weighted by molar-refractivity contribution is 6.16. The molecule has 1 aliphatic carbocycles. The van der Waals surface area contributed by atoms with Gasteiger partial charge in [-0.15, -0.1) is 0 Å². The van der Waals surface area contributed by atoms with Crippen LogP contribution in [-0.4, -0.2) is 43.5 Å². The molecule has 2 N–H and O–H groups in total. The Kier molecular flexibility index (Phi) is 6.50. The molecule has 1 aliphatic heterocycles. The number of aliphatic imine (C=N–C) groups is 2. The van der Waals surface area contributed by atoms with E-state index in [-0.39, 0.29) is 24.0 Å². The molecule has 2 aromatic heterocycles. The summed E-state index contributed by atoms with van der Waals surface area (Å²) >= 11 is 0. The van der Waals surface area contributed by atoms with Crippen molar-refractivity contribution < 1.29 is 9.59 Å². The normalized spacial score (nSPS) is 17.9. The van der Waals surface area contributed by atoms with E-state index in [0.29, 0.717) is 46.8 Å². The Balaban J connectivity index is 1.21. The lowest BCUT2D eigenvalue weighted by Crippen LogP contribution is -2.40. The Morgan fingerprint density at radius 1 is 1.10 bits per heavy atom. The van der Waals surface area contributed by atoms with E-state index < -0.39 is 5.54 Å². The largest absolute Gasteiger partial charge is 0.335 e. The van der Waals surface area contributed by atoms with Crippen molar-refractivity contribution >= 4 is 40.6 Å². The maximum atomic E-state index is 13.4. The molecule has 0 saturated heterocycles. The Hall–Kier alpha value is -5.38. The number of imidazole rings is 1. The van der Waals surface area contributed by atoms with Crippen molar-refractivity contribution in [3.8, 4) is 5.82 Å². The SMILES string of the molecule is C=C(C=CN=CC)C1=NC2(Cc3ccc(NC(=O)Cn4c(=O)n(-c5ccccn5)c5ccccc54)cc3C2)C(=O)N1. The molecule has 2 amide bonds. The maximum Gasteiger partial charge on any atom is 0.335 e. The van der Waals surface area contributed by atoms with Crippen LogP contribution in [0.4, 0.5) is 5.69 Å². The van der Waals surface area contributed by atoms with Gasteiger partial charge in [-0.05, 0) is 60.5 Å². The minimum Gasteiger partial charge on any atom is -0.325 e. The van der Waals surface area contributed by atoms with E-state index in [1.54, 1.807) is 49.0 Å². The van der Waals surface area contributed by atoms with Crippen molar-refractivity contribution in [1.29, 1.82) is 0 Å². The number of hydrogen-bond acceptors (Lipinski definition) is 6. The van der Waals surface area contributed by atoms with Gasteiger partial charge in [-0.25, -0.2) is 14.3 Å². The minimum atomic E-state index is -0.939. The smallest absolute Gasteiger partial charge is 0.325 e. The molecule has 0 saturated carbocycles. The first-order valence-corrected chi connectivity index (χ1v) is 13.2. The number of benzene rings is 2. The molecule has 0 radical (unpaired) electrons. The summed E-state index contributed by atoms with van der Waals surface area (Å²) in [7, 11) is 0. The number of carbonyl (C=O) groups excluding carboxylic acids is 2. The number of fused-ring (bicyclic) bond motifs is 2. The monoisotopic (exact) mass is 545 g/mol. The van der Waals surface area contributed by atoms with Crippen LogP contribution in [0.2, 0.25) is 0 Å². The molecule has 41 heavy (non-hydrogen) atoms. The fraction of sp³-hybridized carbons (Fsp3) is 0.161. The number of nitrogens with one attached hydrogen (secondary N) is 2. The van der Waals surface area contributed by atoms with E-state index in [4.69, 9.17) is 4.99 Å². The van der Waals surface area contributed by atoms with Crippen LogP contribution in [0.15, 0.2) is 106 Å². The van der Waals surface area contributed by atoms with Crippen molar-refractivity contribution in [1.82, 2.24) is 19.4 Å². The van der Waals surface area contributed by atoms with E-state index in [2.05, 4.69) is 27.2 Å². The second kappa shape index (κ2) is 10.3. The predicted octanol–water partition coefficient (Wildman–Crippen LogP) is 3.35. The van der Waals surface area contributed by atoms with Crippen molar-refractivity contribution in [3.05, 3.63) is 113 Å². The van der Waals surface area contributed by atoms with Gasteiger partial charge >= 0.3 is 5.69 Å². The van der Waals surface area contributed by atoms with Crippen molar-refractivity contribution in [3.63, 3.8) is 0 Å². The zero-order valence-electron chi connectivity index (χ0n) is 22.4. The van der Waals surface area contributed by atoms with E-state index in [9.17, 15) is 14.4 Å². The molecule has 2 aliphatic rings. The maximum absolute atomic E-state index is 13.4. The number of pyridine rings is 1. The van der Waals surface area contributed by atoms with Crippen LogP contribution in [0.25, 0.3) is 16.9 Å². The molecular weight excluding hydrogens is 518 g/mol. The third-order valence-corrected chi connectivity index (χ3v) is 7.27. The lowest BCUT2D eigenvalue weighted by atomic mass is 9.97. The summed E-state index contributed by atoms with van der Waals surface area (Å²) in [5.41, 5.74) is 3.09. The van der Waals surface area contributed by atoms with Gasteiger partial charge in [0.1, 0.15) is 23.7 Å². The summed E-state index contributed by atoms with van der Waals surface area (Å²) in [6, 6.07) is 18.2. The Labute approximate surface area is 235 Å². The number of amidine groups is 1. The summed E-state index contributed by atoms with van der Waals surface area (Å²) in [5, 5.41) is 5.77. The van der Waals surface area contributed by atoms with Gasteiger partial charge in [-0.1, -0.05) is 30.8 Å². The van der Waals surface area contributed by atoms with Crippen LogP contribution >= 0.6 is 0 Å². The lowest BCUT2D eigenvalue weighted by molar-refractivity contribution is -0.123. The predicted molar refractivity (Wildman–Crippen MR) is 159 cm³/mol. The number of rotatable bonds is 7. The van der Waals surface area contributed by atoms with Crippen molar-refractivity contribution in [2.45, 2.75) is 31.8 Å². The van der Waals surface area contributed by atoms with Gasteiger partial charge < -0.3 is 10.6 Å². The van der Waals surface area contributed by atoms with Crippen molar-refractivity contribution in [2.75, 3.05) is 5.32 Å². The topological polar surface area (TPSA) is 123 Å². The molecule has 1 atom stereocenters. The van der Waals surface area contributed by atoms with Crippen LogP contribution in [0.1, 0.15) is 18.1 Å². The fourth-order valence-electron chi connectivity index (χ4n) is 5.35. The highest BCUT2D eigenvalue weighted by atomic mass is 16.2. The van der Waals surface area contributed by atoms with Crippen LogP contribution in [-0.2, 0) is 29.0 Å². The highest BCUT2D eigenvalue weighted by Gasteiger charge is 2.48. The average Bonchev–Trinajstić information content (AvgIpc) is 3.59. The van der Waals surface area contributed by atoms with Gasteiger partial charge in [-0.3, -0.25) is 24.1 Å². The Bertz CT molecular complexity index is 1860. The summed E-state index contributed by atoms with van der Waals surface area (Å²) in [6.45, 7) is 5.63. The van der Waals surface area contributed by atoms with Gasteiger partial charge in [-0.2, -0.15) is 0 Å². The Morgan fingerprint density at radius 3 is 2.66 bits per heavy atom. The van der Waals surface area contributed by atoms with E-state index in [1.165, 1.54) is 9.13 Å². The second-order valence-corrected chi connectivity index (χ2v) is 9.96. The summed E-state index contributed by atoms with van der Waals surface area (Å²) in [6.07, 6.45) is 7.44. The van der Waals surface area contributed by atoms with Crippen LogP contribution in [0, 0.1) is 0 Å². The number of aromatic nitrogens is 3. The zero-order valence-corrected chi connectivity index (χ0v) is 22.4. The summed E-state index contributed by atoms with van der Waals surface area (Å²) < 4.78 is 2.94. The molecule has 1 spiro atoms. The van der Waals surface area contributed by atoms with Gasteiger partial charge in [0, 0.05) is 42.7 Å². The molecule has 0 fully saturated rings. The third-order valence-electron chi connectivity index (χ3n) is 7.27. The van der Waals surface area contributed by atoms with E-state index in [1.807, 2.05) is 43.3 Å². The Morgan fingerprint density at radius 2 is 1.88 bits per heavy atom. The molecule has 4 aromatic rings. The van der Waals surface area contributed by atoms with Gasteiger partial charge in [0.2, 0.25) is 5.91 Å². The van der Waals surface area contributed by atoms with E-state index in [0.717, 1.165) is 11.1 Å². The number of carbonyl (C=O) groups is 2. The number of anilines is 1. The first-order valence-electron chi connectivity index (χ1n) is 13.2. The number of hydrogen-bond donors (Lipinski definition) is 2. The molecule has 1 unspecified atom stereocenters. The fourth-order valence-corrected chi connectivity index (χ4v) is 5.35. The molecular formula is C31H27N7O3. The van der Waals surface area contributed by atoms with Gasteiger partial charge in [0.15, 0.2) is 0 Å². The van der Waals surface area contributed by atoms with Gasteiger partial charge in [0.05, 0.1) is 11.0 Å². The van der Waals surface area contributed by atoms with Crippen LogP contribution in [0.3, 0.4) is 0 Å². The minimum absolute atomic E-state index is 0.173. The molecule has 0 bridgehead atoms. The standard InChI is InChI=1S/C31H27N7O3/c1-3-32-15-13-20(2)28-35-29(40)31(36-28)17-21-11-12-23(16-22(21)18-31)34-27(39)19-37-24-8-4-5-9-25(24)38(30(37)41)26-10-6-7-14-33-26/h3-16H,2,17-19H2,1H3,(H,34,39)(H,35,36,40). The molecule has 10 nitrogen and oxygen atoms in total. The number of nitrogens with zero attached hydrogens (tertiary/aromatic N) is 5. The first-order chi connectivity index (χ1) is 19.9. The number of amides is 2. The average molecular weight is 546 g/mol. The molecule has 2 aromatic carbocycles. The first kappa shape index (κ1) is 25.9. The summed E-state index contributed by atoms with van der Waals surface area (Å²) in [4.78, 5) is 52.6. The molecule has 6 rings (SSSR count). The van der Waals surface area contributed by atoms with E-state index >= 15 is 0 Å².